The van der Waals surface area contributed by atoms with Crippen LogP contribution in [0, 0.1) is 0 Å². The van der Waals surface area contributed by atoms with Gasteiger partial charge in [-0.2, -0.15) is 0 Å². The van der Waals surface area contributed by atoms with Crippen molar-refractivity contribution in [1.29, 1.82) is 0 Å². The Morgan fingerprint density at radius 2 is 1.90 bits per heavy atom. The van der Waals surface area contributed by atoms with Gasteiger partial charge in [0.25, 0.3) is 11.8 Å². The maximum absolute atomic E-state index is 12.3. The molecule has 3 rings (SSSR count). The van der Waals surface area contributed by atoms with Crippen molar-refractivity contribution in [3.63, 3.8) is 0 Å². The zero-order valence-electron chi connectivity index (χ0n) is 12.6. The molecule has 0 radical (unpaired) electrons. The van der Waals surface area contributed by atoms with Gasteiger partial charge in [0.2, 0.25) is 0 Å². The van der Waals surface area contributed by atoms with Crippen molar-refractivity contribution in [1.82, 2.24) is 4.90 Å². The predicted molar refractivity (Wildman–Crippen MR) is 80.5 cm³/mol. The Morgan fingerprint density at radius 1 is 1.20 bits per heavy atom. The molecule has 0 aromatic heterocycles. The van der Waals surface area contributed by atoms with E-state index in [1.54, 1.807) is 0 Å². The van der Waals surface area contributed by atoms with E-state index in [0.717, 1.165) is 17.5 Å². The van der Waals surface area contributed by atoms with E-state index in [9.17, 15) is 9.59 Å². The molecular formula is C17H21NO2. The molecule has 1 heterocycles. The molecule has 1 aliphatic carbocycles. The van der Waals surface area contributed by atoms with Crippen molar-refractivity contribution < 1.29 is 9.59 Å². The molecule has 0 saturated heterocycles. The second-order valence-electron chi connectivity index (χ2n) is 4.88. The van der Waals surface area contributed by atoms with Gasteiger partial charge in [0.1, 0.15) is 0 Å². The summed E-state index contributed by atoms with van der Waals surface area (Å²) < 4.78 is 0. The molecule has 0 spiro atoms. The first-order chi connectivity index (χ1) is 9.65. The predicted octanol–water partition coefficient (Wildman–Crippen LogP) is 3.61. The van der Waals surface area contributed by atoms with Crippen LogP contribution >= 0.6 is 0 Å². The number of imide groups is 1. The van der Waals surface area contributed by atoms with Crippen LogP contribution in [-0.2, 0) is 4.79 Å². The van der Waals surface area contributed by atoms with E-state index in [-0.39, 0.29) is 11.8 Å². The number of benzene rings is 1. The van der Waals surface area contributed by atoms with Gasteiger partial charge < -0.3 is 0 Å². The Hall–Kier alpha value is -1.90. The largest absolute Gasteiger partial charge is 0.275 e. The van der Waals surface area contributed by atoms with E-state index in [4.69, 9.17) is 0 Å². The minimum atomic E-state index is -0.161. The molecule has 1 aromatic carbocycles. The molecular weight excluding hydrogens is 250 g/mol. The van der Waals surface area contributed by atoms with Crippen LogP contribution in [0.2, 0.25) is 0 Å². The van der Waals surface area contributed by atoms with Crippen LogP contribution in [0.25, 0.3) is 5.57 Å². The molecule has 2 amide bonds. The summed E-state index contributed by atoms with van der Waals surface area (Å²) in [6.07, 6.45) is 2.84. The summed E-state index contributed by atoms with van der Waals surface area (Å²) in [7, 11) is 0. The lowest BCUT2D eigenvalue weighted by atomic mass is 9.79. The van der Waals surface area contributed by atoms with Crippen molar-refractivity contribution >= 4 is 17.4 Å². The minimum Gasteiger partial charge on any atom is -0.275 e. The molecule has 0 saturated carbocycles. The second-order valence-corrected chi connectivity index (χ2v) is 4.88. The molecule has 1 aliphatic heterocycles. The number of amides is 2. The first-order valence-electron chi connectivity index (χ1n) is 7.34. The third-order valence-corrected chi connectivity index (χ3v) is 3.84. The summed E-state index contributed by atoms with van der Waals surface area (Å²) in [6.45, 7) is 8.38. The lowest BCUT2D eigenvalue weighted by Gasteiger charge is -2.32. The highest BCUT2D eigenvalue weighted by Crippen LogP contribution is 2.40. The van der Waals surface area contributed by atoms with Gasteiger partial charge in [-0.25, -0.2) is 0 Å². The zero-order valence-corrected chi connectivity index (χ0v) is 12.6. The van der Waals surface area contributed by atoms with Crippen molar-refractivity contribution in [3.8, 4) is 0 Å². The van der Waals surface area contributed by atoms with Crippen LogP contribution < -0.4 is 0 Å². The van der Waals surface area contributed by atoms with Crippen LogP contribution in [0.4, 0.5) is 0 Å². The lowest BCUT2D eigenvalue weighted by Crippen LogP contribution is -2.42. The van der Waals surface area contributed by atoms with Gasteiger partial charge in [0, 0.05) is 23.2 Å². The molecule has 1 atom stereocenters. The smallest absolute Gasteiger partial charge is 0.261 e. The maximum Gasteiger partial charge on any atom is 0.261 e. The Labute approximate surface area is 120 Å². The van der Waals surface area contributed by atoms with Crippen molar-refractivity contribution in [3.05, 3.63) is 41.0 Å². The van der Waals surface area contributed by atoms with E-state index in [0.29, 0.717) is 23.6 Å². The highest BCUT2D eigenvalue weighted by atomic mass is 16.2. The van der Waals surface area contributed by atoms with E-state index < -0.39 is 0 Å². The molecule has 2 aliphatic rings. The average Bonchev–Trinajstić information content (AvgIpc) is 2.49. The molecule has 3 heteroatoms. The third kappa shape index (κ3) is 1.98. The summed E-state index contributed by atoms with van der Waals surface area (Å²) in [5.74, 6) is 0.0671. The fraction of sp³-hybridized carbons (Fsp3) is 0.412. The molecule has 1 aromatic rings. The Morgan fingerprint density at radius 3 is 2.55 bits per heavy atom. The van der Waals surface area contributed by atoms with Crippen molar-refractivity contribution in [2.75, 3.05) is 6.54 Å². The van der Waals surface area contributed by atoms with Crippen molar-refractivity contribution in [2.24, 2.45) is 0 Å². The summed E-state index contributed by atoms with van der Waals surface area (Å²) >= 11 is 0. The van der Waals surface area contributed by atoms with E-state index in [1.165, 1.54) is 4.90 Å². The number of rotatable bonds is 1. The van der Waals surface area contributed by atoms with Crippen LogP contribution in [-0.4, -0.2) is 23.3 Å². The molecule has 0 fully saturated rings. The van der Waals surface area contributed by atoms with E-state index in [2.05, 4.69) is 6.92 Å². The number of allylic oxidation sites excluding steroid dienone is 1. The van der Waals surface area contributed by atoms with Crippen LogP contribution in [0.3, 0.4) is 0 Å². The van der Waals surface area contributed by atoms with Gasteiger partial charge in [0.05, 0.1) is 0 Å². The molecule has 1 unspecified atom stereocenters. The monoisotopic (exact) mass is 271 g/mol. The Balaban J connectivity index is 0.000000704. The van der Waals surface area contributed by atoms with E-state index >= 15 is 0 Å². The highest BCUT2D eigenvalue weighted by molar-refractivity contribution is 6.31. The zero-order chi connectivity index (χ0) is 14.9. The molecule has 0 N–H and O–H groups in total. The quantitative estimate of drug-likeness (QED) is 0.732. The molecule has 106 valence electrons. The normalized spacial score (nSPS) is 19.9. The summed E-state index contributed by atoms with van der Waals surface area (Å²) in [5, 5.41) is 0. The number of nitrogens with zero attached hydrogens (tertiary/aromatic N) is 1. The maximum atomic E-state index is 12.3. The average molecular weight is 271 g/mol. The number of carbonyl (C=O) groups is 2. The SMILES string of the molecule is CC.CCN1C(=O)C2=CCC(C)c3cccc(c32)C1=O. The standard InChI is InChI=1S/C15H15NO2.C2H6/c1-3-16-14(17)11-6-4-5-10-9(2)7-8-12(13(10)11)15(16)18;1-2/h4-6,8-9H,3,7H2,1-2H3;1-2H3. The second kappa shape index (κ2) is 5.61. The summed E-state index contributed by atoms with van der Waals surface area (Å²) in [5.41, 5.74) is 3.38. The topological polar surface area (TPSA) is 37.4 Å². The van der Waals surface area contributed by atoms with Gasteiger partial charge >= 0.3 is 0 Å². The van der Waals surface area contributed by atoms with Gasteiger partial charge in [-0.3, -0.25) is 14.5 Å². The van der Waals surface area contributed by atoms with Gasteiger partial charge in [-0.1, -0.05) is 39.0 Å². The highest BCUT2D eigenvalue weighted by Gasteiger charge is 2.37. The lowest BCUT2D eigenvalue weighted by molar-refractivity contribution is -0.122. The number of hydrogen-bond donors (Lipinski definition) is 0. The Bertz CT molecular complexity index is 587. The summed E-state index contributed by atoms with van der Waals surface area (Å²) in [4.78, 5) is 25.9. The first-order valence-corrected chi connectivity index (χ1v) is 7.34. The fourth-order valence-corrected chi connectivity index (χ4v) is 2.85. The van der Waals surface area contributed by atoms with Crippen molar-refractivity contribution in [2.45, 2.75) is 40.0 Å². The molecule has 0 bridgehead atoms. The van der Waals surface area contributed by atoms with Gasteiger partial charge in [0.15, 0.2) is 0 Å². The molecule has 20 heavy (non-hydrogen) atoms. The number of hydrogen-bond acceptors (Lipinski definition) is 2. The summed E-state index contributed by atoms with van der Waals surface area (Å²) in [6, 6.07) is 5.76. The van der Waals surface area contributed by atoms with Crippen LogP contribution in [0.1, 0.15) is 61.5 Å². The fourth-order valence-electron chi connectivity index (χ4n) is 2.85. The first kappa shape index (κ1) is 14.5. The molecule has 3 nitrogen and oxygen atoms in total. The third-order valence-electron chi connectivity index (χ3n) is 3.84. The number of carbonyl (C=O) groups excluding carboxylic acids is 2. The van der Waals surface area contributed by atoms with Gasteiger partial charge in [-0.05, 0) is 30.9 Å². The Kier molecular flexibility index (Phi) is 4.07. The number of likely N-dealkylation sites (N-methyl/N-ethyl adjacent to an activating group) is 1. The minimum absolute atomic E-state index is 0.144. The van der Waals surface area contributed by atoms with E-state index in [1.807, 2.05) is 45.0 Å². The van der Waals surface area contributed by atoms with Gasteiger partial charge in [-0.15, -0.1) is 0 Å². The van der Waals surface area contributed by atoms with Crippen LogP contribution in [0.5, 0.6) is 0 Å². The van der Waals surface area contributed by atoms with Crippen LogP contribution in [0.15, 0.2) is 24.3 Å².